The monoisotopic (exact) mass is 249 g/mol. The normalized spacial score (nSPS) is 9.83. The minimum Gasteiger partial charge on any atom is -0.497 e. The zero-order chi connectivity index (χ0) is 13.2. The van der Waals surface area contributed by atoms with E-state index in [0.29, 0.717) is 17.9 Å². The van der Waals surface area contributed by atoms with E-state index in [-0.39, 0.29) is 5.97 Å². The number of hydrogen-bond acceptors (Lipinski definition) is 4. The fourth-order valence-electron chi connectivity index (χ4n) is 1.50. The molecule has 4 heteroatoms. The summed E-state index contributed by atoms with van der Waals surface area (Å²) in [5, 5.41) is 0. The Kier molecular flexibility index (Phi) is 6.54. The zero-order valence-electron chi connectivity index (χ0n) is 10.7. The molecule has 0 aromatic heterocycles. The smallest absolute Gasteiger partial charge is 0.338 e. The molecule has 0 unspecified atom stereocenters. The van der Waals surface area contributed by atoms with E-state index in [1.165, 1.54) is 0 Å². The zero-order valence-corrected chi connectivity index (χ0v) is 10.7. The average Bonchev–Trinajstić information content (AvgIpc) is 2.42. The Morgan fingerprint density at radius 2 is 2.17 bits per heavy atom. The van der Waals surface area contributed by atoms with Crippen molar-refractivity contribution in [3.63, 3.8) is 0 Å². The molecular formula is C14H19NO3. The van der Waals surface area contributed by atoms with Gasteiger partial charge in [-0.05, 0) is 44.2 Å². The van der Waals surface area contributed by atoms with Crippen molar-refractivity contribution in [3.8, 4) is 5.75 Å². The number of aliphatic imine (C=N–C) groups is 1. The Morgan fingerprint density at radius 1 is 1.33 bits per heavy atom. The first-order valence-corrected chi connectivity index (χ1v) is 6.01. The van der Waals surface area contributed by atoms with Gasteiger partial charge < -0.3 is 14.5 Å². The molecule has 18 heavy (non-hydrogen) atoms. The SMILES string of the molecule is C=NCCCCCOC(=O)c1cccc(OC)c1. The molecule has 0 N–H and O–H groups in total. The van der Waals surface area contributed by atoms with Crippen molar-refractivity contribution in [2.75, 3.05) is 20.3 Å². The number of benzene rings is 1. The molecule has 0 aliphatic heterocycles. The second-order valence-corrected chi connectivity index (χ2v) is 3.88. The van der Waals surface area contributed by atoms with Gasteiger partial charge in [0, 0.05) is 6.54 Å². The molecule has 0 atom stereocenters. The van der Waals surface area contributed by atoms with Crippen LogP contribution in [0.5, 0.6) is 5.75 Å². The van der Waals surface area contributed by atoms with Crippen LogP contribution in [-0.4, -0.2) is 32.9 Å². The van der Waals surface area contributed by atoms with E-state index in [1.807, 2.05) is 0 Å². The molecular weight excluding hydrogens is 230 g/mol. The highest BCUT2D eigenvalue weighted by molar-refractivity contribution is 5.89. The summed E-state index contributed by atoms with van der Waals surface area (Å²) < 4.78 is 10.2. The molecule has 0 spiro atoms. The number of rotatable bonds is 8. The fraction of sp³-hybridized carbons (Fsp3) is 0.429. The van der Waals surface area contributed by atoms with Crippen molar-refractivity contribution in [1.82, 2.24) is 0 Å². The van der Waals surface area contributed by atoms with E-state index in [0.717, 1.165) is 25.8 Å². The van der Waals surface area contributed by atoms with Gasteiger partial charge in [0.05, 0.1) is 19.3 Å². The van der Waals surface area contributed by atoms with Crippen molar-refractivity contribution in [3.05, 3.63) is 29.8 Å². The molecule has 0 aliphatic carbocycles. The number of methoxy groups -OCH3 is 1. The predicted molar refractivity (Wildman–Crippen MR) is 71.5 cm³/mol. The standard InChI is InChI=1S/C14H19NO3/c1-15-9-4-3-5-10-18-14(16)12-7-6-8-13(11-12)17-2/h6-8,11H,1,3-5,9-10H2,2H3. The minimum atomic E-state index is -0.309. The summed E-state index contributed by atoms with van der Waals surface area (Å²) in [5.41, 5.74) is 0.516. The maximum Gasteiger partial charge on any atom is 0.338 e. The van der Waals surface area contributed by atoms with E-state index < -0.39 is 0 Å². The summed E-state index contributed by atoms with van der Waals surface area (Å²) >= 11 is 0. The summed E-state index contributed by atoms with van der Waals surface area (Å²) in [6, 6.07) is 6.95. The summed E-state index contributed by atoms with van der Waals surface area (Å²) in [5.74, 6) is 0.345. The molecule has 0 saturated carbocycles. The van der Waals surface area contributed by atoms with Crippen LogP contribution in [0.4, 0.5) is 0 Å². The Hall–Kier alpha value is -1.84. The number of esters is 1. The van der Waals surface area contributed by atoms with Crippen LogP contribution in [-0.2, 0) is 4.74 Å². The van der Waals surface area contributed by atoms with Crippen LogP contribution >= 0.6 is 0 Å². The van der Waals surface area contributed by atoms with E-state index in [2.05, 4.69) is 11.7 Å². The van der Waals surface area contributed by atoms with E-state index in [1.54, 1.807) is 31.4 Å². The van der Waals surface area contributed by atoms with E-state index in [9.17, 15) is 4.79 Å². The van der Waals surface area contributed by atoms with Crippen molar-refractivity contribution in [2.24, 2.45) is 4.99 Å². The first-order chi connectivity index (χ1) is 8.77. The van der Waals surface area contributed by atoms with Gasteiger partial charge in [0.15, 0.2) is 0 Å². The highest BCUT2D eigenvalue weighted by atomic mass is 16.5. The number of carbonyl (C=O) groups excluding carboxylic acids is 1. The summed E-state index contributed by atoms with van der Waals surface area (Å²) in [6.07, 6.45) is 2.83. The predicted octanol–water partition coefficient (Wildman–Crippen LogP) is 2.72. The molecule has 0 aliphatic rings. The third-order valence-electron chi connectivity index (χ3n) is 2.50. The third-order valence-corrected chi connectivity index (χ3v) is 2.50. The van der Waals surface area contributed by atoms with Gasteiger partial charge >= 0.3 is 5.97 Å². The molecule has 0 saturated heterocycles. The third kappa shape index (κ3) is 4.99. The topological polar surface area (TPSA) is 47.9 Å². The maximum absolute atomic E-state index is 11.7. The lowest BCUT2D eigenvalue weighted by Crippen LogP contribution is -2.06. The van der Waals surface area contributed by atoms with Gasteiger partial charge in [0.25, 0.3) is 0 Å². The molecule has 0 fully saturated rings. The molecule has 0 bridgehead atoms. The summed E-state index contributed by atoms with van der Waals surface area (Å²) in [6.45, 7) is 4.62. The van der Waals surface area contributed by atoms with Gasteiger partial charge in [-0.2, -0.15) is 0 Å². The molecule has 0 radical (unpaired) electrons. The van der Waals surface area contributed by atoms with Crippen LogP contribution in [0.2, 0.25) is 0 Å². The van der Waals surface area contributed by atoms with Crippen LogP contribution in [0.25, 0.3) is 0 Å². The molecule has 1 aromatic carbocycles. The van der Waals surface area contributed by atoms with Gasteiger partial charge in [0.1, 0.15) is 5.75 Å². The van der Waals surface area contributed by atoms with Gasteiger partial charge in [-0.3, -0.25) is 0 Å². The number of hydrogen-bond donors (Lipinski definition) is 0. The van der Waals surface area contributed by atoms with Gasteiger partial charge in [0.2, 0.25) is 0 Å². The van der Waals surface area contributed by atoms with E-state index >= 15 is 0 Å². The van der Waals surface area contributed by atoms with Gasteiger partial charge in [-0.1, -0.05) is 6.07 Å². The maximum atomic E-state index is 11.7. The number of ether oxygens (including phenoxy) is 2. The molecule has 4 nitrogen and oxygen atoms in total. The summed E-state index contributed by atoms with van der Waals surface area (Å²) in [4.78, 5) is 15.5. The molecule has 1 rings (SSSR count). The average molecular weight is 249 g/mol. The van der Waals surface area contributed by atoms with Crippen LogP contribution in [0.1, 0.15) is 29.6 Å². The Balaban J connectivity index is 2.29. The molecule has 98 valence electrons. The van der Waals surface area contributed by atoms with Gasteiger partial charge in [-0.25, -0.2) is 4.79 Å². The fourth-order valence-corrected chi connectivity index (χ4v) is 1.50. The van der Waals surface area contributed by atoms with Crippen molar-refractivity contribution in [2.45, 2.75) is 19.3 Å². The van der Waals surface area contributed by atoms with Crippen LogP contribution in [0.3, 0.4) is 0 Å². The second-order valence-electron chi connectivity index (χ2n) is 3.88. The quantitative estimate of drug-likeness (QED) is 0.404. The lowest BCUT2D eigenvalue weighted by atomic mass is 10.2. The van der Waals surface area contributed by atoms with Crippen LogP contribution in [0, 0.1) is 0 Å². The summed E-state index contributed by atoms with van der Waals surface area (Å²) in [7, 11) is 1.57. The number of carbonyl (C=O) groups is 1. The van der Waals surface area contributed by atoms with E-state index in [4.69, 9.17) is 9.47 Å². The Morgan fingerprint density at radius 3 is 2.89 bits per heavy atom. The number of unbranched alkanes of at least 4 members (excludes halogenated alkanes) is 2. The van der Waals surface area contributed by atoms with Crippen molar-refractivity contribution < 1.29 is 14.3 Å². The van der Waals surface area contributed by atoms with Gasteiger partial charge in [-0.15, -0.1) is 0 Å². The highest BCUT2D eigenvalue weighted by Gasteiger charge is 2.07. The Bertz CT molecular complexity index is 390. The highest BCUT2D eigenvalue weighted by Crippen LogP contribution is 2.13. The largest absolute Gasteiger partial charge is 0.497 e. The van der Waals surface area contributed by atoms with Crippen LogP contribution in [0.15, 0.2) is 29.3 Å². The second kappa shape index (κ2) is 8.28. The first kappa shape index (κ1) is 14.2. The lowest BCUT2D eigenvalue weighted by molar-refractivity contribution is 0.0497. The van der Waals surface area contributed by atoms with Crippen molar-refractivity contribution in [1.29, 1.82) is 0 Å². The van der Waals surface area contributed by atoms with Crippen molar-refractivity contribution >= 4 is 12.7 Å². The minimum absolute atomic E-state index is 0.309. The lowest BCUT2D eigenvalue weighted by Gasteiger charge is -2.05. The Labute approximate surface area is 108 Å². The first-order valence-electron chi connectivity index (χ1n) is 6.01. The number of nitrogens with zero attached hydrogens (tertiary/aromatic N) is 1. The molecule has 0 heterocycles. The van der Waals surface area contributed by atoms with Crippen LogP contribution < -0.4 is 4.74 Å². The molecule has 1 aromatic rings. The molecule has 0 amide bonds.